The first-order chi connectivity index (χ1) is 14.5. The zero-order chi connectivity index (χ0) is 22.6. The highest BCUT2D eigenvalue weighted by atomic mass is 32.2. The third-order valence-corrected chi connectivity index (χ3v) is 7.97. The first kappa shape index (κ1) is 23.6. The molecule has 0 saturated heterocycles. The highest BCUT2D eigenvalue weighted by molar-refractivity contribution is 7.90. The van der Waals surface area contributed by atoms with E-state index in [4.69, 9.17) is 0 Å². The normalized spacial score (nSPS) is 20.3. The molecule has 8 heteroatoms. The molecule has 0 spiro atoms. The molecule has 0 amide bonds. The molecule has 1 fully saturated rings. The quantitative estimate of drug-likeness (QED) is 0.598. The lowest BCUT2D eigenvalue weighted by Gasteiger charge is -2.13. The summed E-state index contributed by atoms with van der Waals surface area (Å²) in [6.45, 7) is 3.76. The third-order valence-electron chi connectivity index (χ3n) is 5.55. The van der Waals surface area contributed by atoms with Crippen molar-refractivity contribution in [1.29, 1.82) is 0 Å². The number of nitrogens with one attached hydrogen (secondary N) is 1. The molecule has 2 aromatic rings. The minimum absolute atomic E-state index is 0.0674. The summed E-state index contributed by atoms with van der Waals surface area (Å²) < 4.78 is 51.7. The van der Waals surface area contributed by atoms with E-state index in [0.717, 1.165) is 47.2 Å². The van der Waals surface area contributed by atoms with Crippen LogP contribution in [0.3, 0.4) is 0 Å². The van der Waals surface area contributed by atoms with E-state index in [9.17, 15) is 16.8 Å². The Hall–Kier alpha value is -2.03. The Morgan fingerprint density at radius 3 is 2.16 bits per heavy atom. The van der Waals surface area contributed by atoms with Gasteiger partial charge in [0.1, 0.15) is 6.26 Å². The van der Waals surface area contributed by atoms with E-state index in [0.29, 0.717) is 13.0 Å². The largest absolute Gasteiger partial charge is 0.340 e. The van der Waals surface area contributed by atoms with Gasteiger partial charge in [-0.1, -0.05) is 48.5 Å². The van der Waals surface area contributed by atoms with Gasteiger partial charge < -0.3 is 0 Å². The zero-order valence-electron chi connectivity index (χ0n) is 18.2. The molecular formula is C23H31N2O4S2+. The molecule has 0 heterocycles. The van der Waals surface area contributed by atoms with Crippen molar-refractivity contribution in [3.05, 3.63) is 59.7 Å². The Kier molecular flexibility index (Phi) is 7.34. The number of nitrogens with zero attached hydrogens (tertiary/aromatic N) is 1. The van der Waals surface area contributed by atoms with Crippen LogP contribution in [0.15, 0.2) is 52.9 Å². The van der Waals surface area contributed by atoms with Gasteiger partial charge in [0.2, 0.25) is 0 Å². The van der Waals surface area contributed by atoms with Crippen LogP contribution in [-0.2, 0) is 26.5 Å². The van der Waals surface area contributed by atoms with E-state index >= 15 is 0 Å². The van der Waals surface area contributed by atoms with Crippen LogP contribution in [0.5, 0.6) is 0 Å². The molecule has 2 aromatic carbocycles. The molecule has 0 bridgehead atoms. The van der Waals surface area contributed by atoms with Crippen LogP contribution < -0.4 is 4.72 Å². The van der Waals surface area contributed by atoms with Gasteiger partial charge in [0.15, 0.2) is 0 Å². The van der Waals surface area contributed by atoms with Crippen molar-refractivity contribution in [2.45, 2.75) is 50.7 Å². The number of sulfonamides is 1. The Morgan fingerprint density at radius 1 is 1.03 bits per heavy atom. The zero-order valence-corrected chi connectivity index (χ0v) is 19.9. The first-order valence-corrected chi connectivity index (χ1v) is 14.0. The lowest BCUT2D eigenvalue weighted by atomic mass is 9.94. The van der Waals surface area contributed by atoms with Crippen LogP contribution in [0.1, 0.15) is 50.2 Å². The fourth-order valence-corrected chi connectivity index (χ4v) is 4.96. The van der Waals surface area contributed by atoms with Crippen LogP contribution in [-0.4, -0.2) is 40.6 Å². The predicted molar refractivity (Wildman–Crippen MR) is 128 cm³/mol. The lowest BCUT2D eigenvalue weighted by Crippen LogP contribution is -2.24. The van der Waals surface area contributed by atoms with E-state index in [2.05, 4.69) is 33.4 Å². The molecule has 2 N–H and O–H groups in total. The van der Waals surface area contributed by atoms with Crippen LogP contribution in [0.25, 0.3) is 11.1 Å². The summed E-state index contributed by atoms with van der Waals surface area (Å²) in [6, 6.07) is 16.4. The van der Waals surface area contributed by atoms with Gasteiger partial charge in [-0.2, -0.15) is 13.3 Å². The fraction of sp³-hybridized carbons (Fsp3) is 0.435. The number of rotatable bonds is 8. The monoisotopic (exact) mass is 463 g/mol. The molecule has 0 radical (unpaired) electrons. The average Bonchev–Trinajstić information content (AvgIpc) is 3.15. The second-order valence-electron chi connectivity index (χ2n) is 8.36. The SMILES string of the molecule is CC(C)S(=O)(=O)/N=C1\CCC[C@@H]1c1ccc(-c2ccc(CCNS(C)(=O)=[OH+])cc2)cc1. The van der Waals surface area contributed by atoms with Gasteiger partial charge >= 0.3 is 10.0 Å². The van der Waals surface area contributed by atoms with Crippen molar-refractivity contribution in [2.75, 3.05) is 12.8 Å². The average molecular weight is 464 g/mol. The number of hydrogen-bond acceptors (Lipinski definition) is 3. The van der Waals surface area contributed by atoms with E-state index in [-0.39, 0.29) is 5.92 Å². The molecule has 1 aliphatic carbocycles. The first-order valence-electron chi connectivity index (χ1n) is 10.5. The summed E-state index contributed by atoms with van der Waals surface area (Å²) in [5.41, 5.74) is 5.15. The summed E-state index contributed by atoms with van der Waals surface area (Å²) in [6.07, 6.45) is 4.56. The minimum atomic E-state index is -3.44. The van der Waals surface area contributed by atoms with Crippen molar-refractivity contribution in [3.8, 4) is 11.1 Å². The van der Waals surface area contributed by atoms with Crippen LogP contribution in [0.4, 0.5) is 0 Å². The van der Waals surface area contributed by atoms with Gasteiger partial charge in [0, 0.05) is 18.2 Å². The van der Waals surface area contributed by atoms with Crippen LogP contribution in [0.2, 0.25) is 0 Å². The molecule has 2 atom stereocenters. The molecular weight excluding hydrogens is 432 g/mol. The van der Waals surface area contributed by atoms with Gasteiger partial charge in [0.05, 0.1) is 5.25 Å². The van der Waals surface area contributed by atoms with E-state index in [1.807, 2.05) is 24.3 Å². The van der Waals surface area contributed by atoms with Crippen molar-refractivity contribution in [1.82, 2.24) is 4.72 Å². The highest BCUT2D eigenvalue weighted by Gasteiger charge is 2.27. The smallest absolute Gasteiger partial charge is 0.215 e. The molecule has 168 valence electrons. The number of benzene rings is 2. The maximum absolute atomic E-state index is 12.2. The van der Waals surface area contributed by atoms with E-state index < -0.39 is 25.3 Å². The molecule has 1 unspecified atom stereocenters. The maximum Gasteiger partial charge on any atom is 0.340 e. The van der Waals surface area contributed by atoms with E-state index in [1.54, 1.807) is 13.8 Å². The Bertz CT molecular complexity index is 1140. The Morgan fingerprint density at radius 2 is 1.61 bits per heavy atom. The van der Waals surface area contributed by atoms with Crippen molar-refractivity contribution < 1.29 is 16.8 Å². The van der Waals surface area contributed by atoms with E-state index in [1.165, 1.54) is 6.26 Å². The van der Waals surface area contributed by atoms with Crippen molar-refractivity contribution in [2.24, 2.45) is 4.40 Å². The molecule has 1 aliphatic rings. The van der Waals surface area contributed by atoms with Crippen molar-refractivity contribution in [3.63, 3.8) is 0 Å². The highest BCUT2D eigenvalue weighted by Crippen LogP contribution is 2.34. The second kappa shape index (κ2) is 9.63. The molecule has 0 aliphatic heterocycles. The van der Waals surface area contributed by atoms with Crippen LogP contribution >= 0.6 is 0 Å². The summed E-state index contributed by atoms with van der Waals surface area (Å²) in [7, 11) is -6.36. The van der Waals surface area contributed by atoms with Gasteiger partial charge in [-0.15, -0.1) is 0 Å². The maximum atomic E-state index is 12.2. The second-order valence-corrected chi connectivity index (χ2v) is 12.4. The summed E-state index contributed by atoms with van der Waals surface area (Å²) >= 11 is 0. The predicted octanol–water partition coefficient (Wildman–Crippen LogP) is 4.05. The third kappa shape index (κ3) is 6.48. The Labute approximate surface area is 185 Å². The van der Waals surface area contributed by atoms with Crippen LogP contribution in [0, 0.1) is 0 Å². The van der Waals surface area contributed by atoms with Gasteiger partial charge in [-0.05, 0) is 61.8 Å². The van der Waals surface area contributed by atoms with Crippen molar-refractivity contribution >= 4 is 25.8 Å². The molecule has 1 saturated carbocycles. The molecule has 0 aromatic heterocycles. The summed E-state index contributed by atoms with van der Waals surface area (Å²) in [5, 5.41) is -0.503. The number of hydrogen-bond donors (Lipinski definition) is 1. The Balaban J connectivity index is 1.71. The molecule has 6 nitrogen and oxygen atoms in total. The van der Waals surface area contributed by atoms with Gasteiger partial charge in [-0.25, -0.2) is 12.6 Å². The minimum Gasteiger partial charge on any atom is -0.215 e. The molecule has 3 rings (SSSR count). The summed E-state index contributed by atoms with van der Waals surface area (Å²) in [4.78, 5) is 0. The molecule has 31 heavy (non-hydrogen) atoms. The van der Waals surface area contributed by atoms with Gasteiger partial charge in [-0.3, -0.25) is 0 Å². The topological polar surface area (TPSA) is 97.0 Å². The lowest BCUT2D eigenvalue weighted by molar-refractivity contribution is 0.589. The van der Waals surface area contributed by atoms with Gasteiger partial charge in [0.25, 0.3) is 10.0 Å². The standard InChI is InChI=1S/C23H30N2O4S2/c1-17(2)31(28,29)25-23-6-4-5-22(23)21-13-11-20(12-14-21)19-9-7-18(8-10-19)15-16-24-30(3,26)27/h7-14,17,22H,4-6,15-16H2,1-3H3,(H,24,26,27)/p+1/b25-23+/t22-/m1/s1. The summed E-state index contributed by atoms with van der Waals surface area (Å²) in [5.74, 6) is 0.0674. The fourth-order valence-electron chi connectivity index (χ4n) is 3.72.